The Morgan fingerprint density at radius 1 is 1.25 bits per heavy atom. The van der Waals surface area contributed by atoms with Gasteiger partial charge >= 0.3 is 6.01 Å². The van der Waals surface area contributed by atoms with Crippen LogP contribution in [0.15, 0.2) is 30.6 Å². The Labute approximate surface area is 95.9 Å². The van der Waals surface area contributed by atoms with E-state index < -0.39 is 5.82 Å². The number of ether oxygens (including phenoxy) is 1. The molecule has 0 unspecified atom stereocenters. The van der Waals surface area contributed by atoms with Gasteiger partial charge in [0.25, 0.3) is 0 Å². The summed E-state index contributed by atoms with van der Waals surface area (Å²) in [6.07, 6.45) is 2.03. The van der Waals surface area contributed by atoms with Crippen LogP contribution in [0.25, 0.3) is 0 Å². The molecular weight excluding hydrogens is 233 g/mol. The number of benzene rings is 1. The van der Waals surface area contributed by atoms with E-state index in [0.717, 1.165) is 12.4 Å². The number of rotatable bonds is 2. The number of nitrogen functional groups attached to an aromatic ring is 1. The maximum atomic E-state index is 12.5. The molecule has 0 amide bonds. The molecule has 0 aliphatic carbocycles. The van der Waals surface area contributed by atoms with Crippen LogP contribution in [0.3, 0.4) is 0 Å². The van der Waals surface area contributed by atoms with Gasteiger partial charge in [-0.05, 0) is 12.1 Å². The number of nitrogens with zero attached hydrogens (tertiary/aromatic N) is 2. The van der Waals surface area contributed by atoms with E-state index >= 15 is 0 Å². The van der Waals surface area contributed by atoms with Crippen LogP contribution in [0.5, 0.6) is 11.8 Å². The van der Waals surface area contributed by atoms with Gasteiger partial charge in [-0.3, -0.25) is 0 Å². The Balaban J connectivity index is 2.20. The molecule has 0 spiro atoms. The lowest BCUT2D eigenvalue weighted by Gasteiger charge is -2.04. The number of hydrogen-bond donors (Lipinski definition) is 1. The van der Waals surface area contributed by atoms with Gasteiger partial charge in [0.15, 0.2) is 5.82 Å². The molecule has 1 aromatic carbocycles. The van der Waals surface area contributed by atoms with Crippen molar-refractivity contribution < 1.29 is 9.13 Å². The highest BCUT2D eigenvalue weighted by Gasteiger charge is 2.03. The molecule has 2 rings (SSSR count). The Morgan fingerprint density at radius 2 is 1.94 bits per heavy atom. The van der Waals surface area contributed by atoms with Crippen LogP contribution in [0.2, 0.25) is 5.02 Å². The predicted molar refractivity (Wildman–Crippen MR) is 57.9 cm³/mol. The zero-order chi connectivity index (χ0) is 11.5. The van der Waals surface area contributed by atoms with E-state index in [-0.39, 0.29) is 6.01 Å². The molecular formula is C10H7ClFN3O. The van der Waals surface area contributed by atoms with Crippen LogP contribution in [0.4, 0.5) is 10.1 Å². The summed E-state index contributed by atoms with van der Waals surface area (Å²) in [6, 6.07) is 4.79. The summed E-state index contributed by atoms with van der Waals surface area (Å²) in [4.78, 5) is 7.29. The molecule has 16 heavy (non-hydrogen) atoms. The number of nitrogens with two attached hydrogens (primary N) is 1. The van der Waals surface area contributed by atoms with Crippen molar-refractivity contribution in [1.29, 1.82) is 0 Å². The van der Waals surface area contributed by atoms with Gasteiger partial charge < -0.3 is 10.5 Å². The molecule has 6 heteroatoms. The second-order valence-corrected chi connectivity index (χ2v) is 3.38. The molecule has 0 radical (unpaired) electrons. The predicted octanol–water partition coefficient (Wildman–Crippen LogP) is 2.64. The fraction of sp³-hybridized carbons (Fsp3) is 0. The van der Waals surface area contributed by atoms with Crippen LogP contribution < -0.4 is 10.5 Å². The fourth-order valence-electron chi connectivity index (χ4n) is 1.03. The summed E-state index contributed by atoms with van der Waals surface area (Å²) in [5.41, 5.74) is 5.99. The van der Waals surface area contributed by atoms with Crippen molar-refractivity contribution >= 4 is 17.3 Å². The van der Waals surface area contributed by atoms with Crippen molar-refractivity contribution in [3.63, 3.8) is 0 Å². The van der Waals surface area contributed by atoms with Crippen LogP contribution in [0.1, 0.15) is 0 Å². The minimum Gasteiger partial charge on any atom is -0.424 e. The molecule has 0 bridgehead atoms. The summed E-state index contributed by atoms with van der Waals surface area (Å²) in [7, 11) is 0. The fourth-order valence-corrected chi connectivity index (χ4v) is 1.20. The van der Waals surface area contributed by atoms with Gasteiger partial charge in [-0.1, -0.05) is 11.6 Å². The first-order valence-electron chi connectivity index (χ1n) is 4.35. The Hall–Kier alpha value is -1.88. The summed E-state index contributed by atoms with van der Waals surface area (Å²) < 4.78 is 17.8. The standard InChI is InChI=1S/C10H7ClFN3O/c11-8-3-7(1-2-9(8)13)16-10-14-4-6(12)5-15-10/h1-5H,13H2. The first kappa shape index (κ1) is 10.6. The summed E-state index contributed by atoms with van der Waals surface area (Å²) in [5.74, 6) is -0.0894. The van der Waals surface area contributed by atoms with E-state index in [9.17, 15) is 4.39 Å². The number of aromatic nitrogens is 2. The van der Waals surface area contributed by atoms with Crippen LogP contribution in [-0.2, 0) is 0 Å². The molecule has 0 atom stereocenters. The van der Waals surface area contributed by atoms with Crippen molar-refractivity contribution in [2.24, 2.45) is 0 Å². The highest BCUT2D eigenvalue weighted by molar-refractivity contribution is 6.33. The van der Waals surface area contributed by atoms with E-state index in [1.54, 1.807) is 12.1 Å². The smallest absolute Gasteiger partial charge is 0.322 e. The first-order valence-corrected chi connectivity index (χ1v) is 4.73. The van der Waals surface area contributed by atoms with Gasteiger partial charge in [0, 0.05) is 6.07 Å². The monoisotopic (exact) mass is 239 g/mol. The van der Waals surface area contributed by atoms with E-state index in [1.165, 1.54) is 6.07 Å². The van der Waals surface area contributed by atoms with Gasteiger partial charge in [-0.15, -0.1) is 0 Å². The maximum Gasteiger partial charge on any atom is 0.322 e. The van der Waals surface area contributed by atoms with E-state index in [4.69, 9.17) is 22.1 Å². The van der Waals surface area contributed by atoms with E-state index in [2.05, 4.69) is 9.97 Å². The number of halogens is 2. The lowest BCUT2D eigenvalue weighted by molar-refractivity contribution is 0.436. The number of anilines is 1. The average molecular weight is 240 g/mol. The van der Waals surface area contributed by atoms with Crippen molar-refractivity contribution in [1.82, 2.24) is 9.97 Å². The third-order valence-corrected chi connectivity index (χ3v) is 2.11. The van der Waals surface area contributed by atoms with Gasteiger partial charge in [-0.2, -0.15) is 0 Å². The topological polar surface area (TPSA) is 61.0 Å². The molecule has 0 fully saturated rings. The Bertz CT molecular complexity index is 504. The largest absolute Gasteiger partial charge is 0.424 e. The molecule has 2 aromatic rings. The average Bonchev–Trinajstić information content (AvgIpc) is 2.27. The van der Waals surface area contributed by atoms with Gasteiger partial charge in [0.2, 0.25) is 0 Å². The molecule has 0 saturated heterocycles. The SMILES string of the molecule is Nc1ccc(Oc2ncc(F)cn2)cc1Cl. The van der Waals surface area contributed by atoms with Gasteiger partial charge in [0.05, 0.1) is 23.1 Å². The zero-order valence-electron chi connectivity index (χ0n) is 8.02. The molecule has 2 N–H and O–H groups in total. The van der Waals surface area contributed by atoms with Crippen LogP contribution in [-0.4, -0.2) is 9.97 Å². The second kappa shape index (κ2) is 4.32. The lowest BCUT2D eigenvalue weighted by atomic mass is 10.3. The van der Waals surface area contributed by atoms with Crippen LogP contribution in [0, 0.1) is 5.82 Å². The third-order valence-electron chi connectivity index (χ3n) is 1.78. The number of hydrogen-bond acceptors (Lipinski definition) is 4. The zero-order valence-corrected chi connectivity index (χ0v) is 8.78. The minimum absolute atomic E-state index is 0.0437. The Morgan fingerprint density at radius 3 is 2.56 bits per heavy atom. The van der Waals surface area contributed by atoms with E-state index in [0.29, 0.717) is 16.5 Å². The summed E-state index contributed by atoms with van der Waals surface area (Å²) in [5, 5.41) is 0.375. The van der Waals surface area contributed by atoms with Gasteiger partial charge in [-0.25, -0.2) is 14.4 Å². The van der Waals surface area contributed by atoms with Crippen LogP contribution >= 0.6 is 11.6 Å². The van der Waals surface area contributed by atoms with Crippen molar-refractivity contribution in [3.05, 3.63) is 41.4 Å². The van der Waals surface area contributed by atoms with Crippen molar-refractivity contribution in [2.45, 2.75) is 0 Å². The first-order chi connectivity index (χ1) is 7.65. The quantitative estimate of drug-likeness (QED) is 0.819. The van der Waals surface area contributed by atoms with Crippen molar-refractivity contribution in [3.8, 4) is 11.8 Å². The van der Waals surface area contributed by atoms with Crippen molar-refractivity contribution in [2.75, 3.05) is 5.73 Å². The molecule has 82 valence electrons. The molecule has 0 aliphatic heterocycles. The molecule has 0 saturated carbocycles. The van der Waals surface area contributed by atoms with Gasteiger partial charge in [0.1, 0.15) is 5.75 Å². The summed E-state index contributed by atoms with van der Waals surface area (Å²) >= 11 is 5.80. The molecule has 1 heterocycles. The minimum atomic E-state index is -0.525. The summed E-state index contributed by atoms with van der Waals surface area (Å²) in [6.45, 7) is 0. The maximum absolute atomic E-state index is 12.5. The normalized spacial score (nSPS) is 10.1. The molecule has 4 nitrogen and oxygen atoms in total. The second-order valence-electron chi connectivity index (χ2n) is 2.97. The highest BCUT2D eigenvalue weighted by Crippen LogP contribution is 2.26. The Kier molecular flexibility index (Phi) is 2.87. The lowest BCUT2D eigenvalue weighted by Crippen LogP contribution is -1.93. The molecule has 0 aliphatic rings. The molecule has 1 aromatic heterocycles. The van der Waals surface area contributed by atoms with E-state index in [1.807, 2.05) is 0 Å². The highest BCUT2D eigenvalue weighted by atomic mass is 35.5. The third kappa shape index (κ3) is 2.38.